The highest BCUT2D eigenvalue weighted by Gasteiger charge is 2.24. The van der Waals surface area contributed by atoms with Crippen LogP contribution in [0.15, 0.2) is 42.5 Å². The number of carbonyl (C=O) groups is 2. The van der Waals surface area contributed by atoms with Crippen molar-refractivity contribution < 1.29 is 9.59 Å². The van der Waals surface area contributed by atoms with Crippen LogP contribution in [0.2, 0.25) is 0 Å². The topological polar surface area (TPSA) is 70.2 Å². The highest BCUT2D eigenvalue weighted by Crippen LogP contribution is 2.22. The number of benzene rings is 2. The van der Waals surface area contributed by atoms with Gasteiger partial charge in [-0.15, -0.1) is 12.4 Å². The summed E-state index contributed by atoms with van der Waals surface area (Å²) < 4.78 is 0. The maximum atomic E-state index is 12.6. The van der Waals surface area contributed by atoms with Crippen LogP contribution in [-0.4, -0.2) is 17.9 Å². The average Bonchev–Trinajstić information content (AvgIpc) is 2.57. The zero-order valence-electron chi connectivity index (χ0n) is 14.3. The molecule has 1 aliphatic heterocycles. The van der Waals surface area contributed by atoms with Crippen LogP contribution in [0.1, 0.15) is 23.6 Å². The Morgan fingerprint density at radius 2 is 1.80 bits per heavy atom. The smallest absolute Gasteiger partial charge is 0.241 e. The Hall–Kier alpha value is -2.37. The van der Waals surface area contributed by atoms with Crippen molar-refractivity contribution in [1.82, 2.24) is 5.32 Å². The third kappa shape index (κ3) is 4.59. The molecule has 3 N–H and O–H groups in total. The Bertz CT molecular complexity index is 792. The molecule has 132 valence electrons. The first-order valence-corrected chi connectivity index (χ1v) is 8.02. The van der Waals surface area contributed by atoms with Gasteiger partial charge in [0, 0.05) is 24.8 Å². The van der Waals surface area contributed by atoms with E-state index in [-0.39, 0.29) is 30.3 Å². The summed E-state index contributed by atoms with van der Waals surface area (Å²) >= 11 is 0. The molecule has 2 aromatic rings. The number of amides is 2. The lowest BCUT2D eigenvalue weighted by molar-refractivity contribution is -0.118. The van der Waals surface area contributed by atoms with Crippen LogP contribution in [0.4, 0.5) is 11.4 Å². The van der Waals surface area contributed by atoms with E-state index in [0.29, 0.717) is 24.3 Å². The standard InChI is InChI=1S/C19H21N3O2.ClH/c1-12-7-8-16(21-13(2)23)10-17(12)22-19(24)18-9-14-5-3-4-6-15(14)11-20-18;/h3-8,10,18,20H,9,11H2,1-2H3,(H,21,23)(H,22,24);1H. The number of fused-ring (bicyclic) bond motifs is 1. The van der Waals surface area contributed by atoms with Crippen LogP contribution < -0.4 is 16.0 Å². The first kappa shape index (κ1) is 19.0. The van der Waals surface area contributed by atoms with Crippen LogP contribution in [0.5, 0.6) is 0 Å². The fourth-order valence-corrected chi connectivity index (χ4v) is 2.90. The first-order valence-electron chi connectivity index (χ1n) is 8.02. The summed E-state index contributed by atoms with van der Waals surface area (Å²) in [5, 5.41) is 8.98. The van der Waals surface area contributed by atoms with Gasteiger partial charge < -0.3 is 16.0 Å². The minimum Gasteiger partial charge on any atom is -0.326 e. The lowest BCUT2D eigenvalue weighted by Gasteiger charge is -2.25. The van der Waals surface area contributed by atoms with Gasteiger partial charge in [-0.05, 0) is 42.2 Å². The molecule has 0 bridgehead atoms. The Kier molecular flexibility index (Phi) is 6.17. The van der Waals surface area contributed by atoms with E-state index in [4.69, 9.17) is 0 Å². The number of hydrogen-bond acceptors (Lipinski definition) is 3. The maximum absolute atomic E-state index is 12.6. The SMILES string of the molecule is CC(=O)Nc1ccc(C)c(NC(=O)C2Cc3ccccc3CN2)c1.Cl. The monoisotopic (exact) mass is 359 g/mol. The average molecular weight is 360 g/mol. The summed E-state index contributed by atoms with van der Waals surface area (Å²) in [5.74, 6) is -0.200. The fraction of sp³-hybridized carbons (Fsp3) is 0.263. The van der Waals surface area contributed by atoms with Gasteiger partial charge in [-0.25, -0.2) is 0 Å². The summed E-state index contributed by atoms with van der Waals surface area (Å²) in [6.07, 6.45) is 0.673. The van der Waals surface area contributed by atoms with Crippen LogP contribution in [0.25, 0.3) is 0 Å². The zero-order valence-corrected chi connectivity index (χ0v) is 15.1. The van der Waals surface area contributed by atoms with Crippen molar-refractivity contribution in [2.24, 2.45) is 0 Å². The number of halogens is 1. The summed E-state index contributed by atoms with van der Waals surface area (Å²) in [6, 6.07) is 13.4. The molecule has 1 unspecified atom stereocenters. The molecule has 0 saturated heterocycles. The molecule has 0 saturated carbocycles. The van der Waals surface area contributed by atoms with Crippen LogP contribution in [0.3, 0.4) is 0 Å². The highest BCUT2D eigenvalue weighted by atomic mass is 35.5. The van der Waals surface area contributed by atoms with Crippen molar-refractivity contribution in [1.29, 1.82) is 0 Å². The summed E-state index contributed by atoms with van der Waals surface area (Å²) in [5.41, 5.74) is 4.79. The Morgan fingerprint density at radius 3 is 2.52 bits per heavy atom. The van der Waals surface area contributed by atoms with E-state index in [1.54, 1.807) is 6.07 Å². The molecule has 1 aliphatic rings. The number of hydrogen-bond donors (Lipinski definition) is 3. The van der Waals surface area contributed by atoms with Gasteiger partial charge in [-0.2, -0.15) is 0 Å². The quantitative estimate of drug-likeness (QED) is 0.789. The molecule has 1 heterocycles. The molecule has 0 spiro atoms. The van der Waals surface area contributed by atoms with Gasteiger partial charge in [-0.3, -0.25) is 9.59 Å². The number of carbonyl (C=O) groups excluding carboxylic acids is 2. The van der Waals surface area contributed by atoms with Crippen LogP contribution in [0, 0.1) is 6.92 Å². The minimum atomic E-state index is -0.260. The number of nitrogens with one attached hydrogen (secondary N) is 3. The van der Waals surface area contributed by atoms with Crippen LogP contribution in [-0.2, 0) is 22.6 Å². The van der Waals surface area contributed by atoms with E-state index in [9.17, 15) is 9.59 Å². The van der Waals surface area contributed by atoms with Gasteiger partial charge in [-0.1, -0.05) is 30.3 Å². The van der Waals surface area contributed by atoms with E-state index < -0.39 is 0 Å². The third-order valence-corrected chi connectivity index (χ3v) is 4.21. The largest absolute Gasteiger partial charge is 0.326 e. The van der Waals surface area contributed by atoms with Crippen molar-refractivity contribution in [3.05, 3.63) is 59.2 Å². The highest BCUT2D eigenvalue weighted by molar-refractivity contribution is 5.97. The van der Waals surface area contributed by atoms with Gasteiger partial charge in [0.25, 0.3) is 0 Å². The molecule has 0 fully saturated rings. The molecule has 2 amide bonds. The van der Waals surface area contributed by atoms with Gasteiger partial charge >= 0.3 is 0 Å². The molecule has 5 nitrogen and oxygen atoms in total. The molecular weight excluding hydrogens is 338 g/mol. The zero-order chi connectivity index (χ0) is 17.1. The maximum Gasteiger partial charge on any atom is 0.241 e. The number of anilines is 2. The summed E-state index contributed by atoms with van der Waals surface area (Å²) in [6.45, 7) is 4.08. The molecular formula is C19H22ClN3O2. The lowest BCUT2D eigenvalue weighted by atomic mass is 9.95. The van der Waals surface area contributed by atoms with E-state index in [1.165, 1.54) is 18.1 Å². The van der Waals surface area contributed by atoms with E-state index >= 15 is 0 Å². The van der Waals surface area contributed by atoms with E-state index in [1.807, 2.05) is 31.2 Å². The van der Waals surface area contributed by atoms with Crippen molar-refractivity contribution in [2.75, 3.05) is 10.6 Å². The molecule has 0 aliphatic carbocycles. The van der Waals surface area contributed by atoms with Crippen molar-refractivity contribution in [3.8, 4) is 0 Å². The normalized spacial score (nSPS) is 15.5. The molecule has 2 aromatic carbocycles. The third-order valence-electron chi connectivity index (χ3n) is 4.21. The Labute approximate surface area is 153 Å². The van der Waals surface area contributed by atoms with Gasteiger partial charge in [0.2, 0.25) is 11.8 Å². The Morgan fingerprint density at radius 1 is 1.08 bits per heavy atom. The predicted octanol–water partition coefficient (Wildman–Crippen LogP) is 3.03. The summed E-state index contributed by atoms with van der Waals surface area (Å²) in [4.78, 5) is 23.8. The molecule has 3 rings (SSSR count). The number of rotatable bonds is 3. The van der Waals surface area contributed by atoms with Crippen molar-refractivity contribution >= 4 is 35.6 Å². The van der Waals surface area contributed by atoms with Crippen molar-refractivity contribution in [3.63, 3.8) is 0 Å². The minimum absolute atomic E-state index is 0. The fourth-order valence-electron chi connectivity index (χ4n) is 2.90. The molecule has 6 heteroatoms. The van der Waals surface area contributed by atoms with Crippen LogP contribution >= 0.6 is 12.4 Å². The van der Waals surface area contributed by atoms with Crippen molar-refractivity contribution in [2.45, 2.75) is 32.9 Å². The predicted molar refractivity (Wildman–Crippen MR) is 102 cm³/mol. The molecule has 0 radical (unpaired) electrons. The molecule has 0 aromatic heterocycles. The lowest BCUT2D eigenvalue weighted by Crippen LogP contribution is -2.44. The Balaban J connectivity index is 0.00000225. The van der Waals surface area contributed by atoms with E-state index in [0.717, 1.165) is 5.56 Å². The van der Waals surface area contributed by atoms with Gasteiger partial charge in [0.1, 0.15) is 0 Å². The first-order chi connectivity index (χ1) is 11.5. The second-order valence-corrected chi connectivity index (χ2v) is 6.11. The van der Waals surface area contributed by atoms with Gasteiger partial charge in [0.05, 0.1) is 6.04 Å². The molecule has 1 atom stereocenters. The second kappa shape index (κ2) is 8.14. The number of aryl methyl sites for hydroxylation is 1. The second-order valence-electron chi connectivity index (χ2n) is 6.11. The molecule has 25 heavy (non-hydrogen) atoms. The van der Waals surface area contributed by atoms with E-state index in [2.05, 4.69) is 28.1 Å². The van der Waals surface area contributed by atoms with Gasteiger partial charge in [0.15, 0.2) is 0 Å². The summed E-state index contributed by atoms with van der Waals surface area (Å²) in [7, 11) is 0.